The third-order valence-electron chi connectivity index (χ3n) is 3.94. The van der Waals surface area contributed by atoms with E-state index in [1.165, 1.54) is 25.7 Å². The van der Waals surface area contributed by atoms with Crippen molar-refractivity contribution in [3.8, 4) is 0 Å². The fourth-order valence-electron chi connectivity index (χ4n) is 2.36. The maximum Gasteiger partial charge on any atom is 0.253 e. The smallest absolute Gasteiger partial charge is 0.253 e. The topological polar surface area (TPSA) is 58.4 Å². The highest BCUT2D eigenvalue weighted by atomic mass is 16.2. The molecule has 2 aliphatic rings. The second-order valence-electron chi connectivity index (χ2n) is 5.82. The van der Waals surface area contributed by atoms with Gasteiger partial charge in [-0.15, -0.1) is 0 Å². The van der Waals surface area contributed by atoms with Crippen molar-refractivity contribution in [1.82, 2.24) is 4.90 Å². The summed E-state index contributed by atoms with van der Waals surface area (Å²) in [4.78, 5) is 14.6. The molecule has 3 N–H and O–H groups in total. The highest BCUT2D eigenvalue weighted by Crippen LogP contribution is 2.34. The van der Waals surface area contributed by atoms with Crippen molar-refractivity contribution >= 4 is 11.6 Å². The lowest BCUT2D eigenvalue weighted by Crippen LogP contribution is -2.34. The van der Waals surface area contributed by atoms with Crippen LogP contribution in [-0.2, 0) is 0 Å². The summed E-state index contributed by atoms with van der Waals surface area (Å²) in [6, 6.07) is 7.40. The summed E-state index contributed by atoms with van der Waals surface area (Å²) in [5, 5.41) is 0. The number of rotatable bonds is 6. The number of hydrogen-bond donors (Lipinski definition) is 2. The molecule has 1 aromatic rings. The quantitative estimate of drug-likeness (QED) is 0.608. The number of nitrogen functional groups attached to an aromatic ring is 1. The van der Waals surface area contributed by atoms with Crippen molar-refractivity contribution in [3.05, 3.63) is 29.8 Å². The molecule has 0 spiro atoms. The van der Waals surface area contributed by atoms with Crippen LogP contribution >= 0.6 is 0 Å². The van der Waals surface area contributed by atoms with E-state index in [1.54, 1.807) is 0 Å². The molecule has 0 aromatic heterocycles. The number of benzene rings is 1. The molecule has 4 heteroatoms. The van der Waals surface area contributed by atoms with E-state index in [0.717, 1.165) is 36.2 Å². The van der Waals surface area contributed by atoms with Gasteiger partial charge in [0.25, 0.3) is 5.91 Å². The number of nitrogens with zero attached hydrogens (tertiary/aromatic N) is 1. The fourth-order valence-corrected chi connectivity index (χ4v) is 2.36. The first-order chi connectivity index (χ1) is 9.26. The number of nitrogens with two attached hydrogens (primary N) is 1. The van der Waals surface area contributed by atoms with Gasteiger partial charge in [-0.25, -0.2) is 0 Å². The van der Waals surface area contributed by atoms with Crippen molar-refractivity contribution < 1.29 is 4.79 Å². The summed E-state index contributed by atoms with van der Waals surface area (Å²) < 4.78 is 0. The van der Waals surface area contributed by atoms with Gasteiger partial charge in [0.2, 0.25) is 0 Å². The second kappa shape index (κ2) is 5.21. The molecule has 3 rings (SSSR count). The minimum atomic E-state index is 0.169. The van der Waals surface area contributed by atoms with Crippen LogP contribution in [0.2, 0.25) is 0 Å². The first-order valence-corrected chi connectivity index (χ1v) is 7.12. The van der Waals surface area contributed by atoms with Gasteiger partial charge in [-0.2, -0.15) is 0 Å². The van der Waals surface area contributed by atoms with Crippen LogP contribution in [0.25, 0.3) is 0 Å². The zero-order valence-corrected chi connectivity index (χ0v) is 11.1. The summed E-state index contributed by atoms with van der Waals surface area (Å²) in [6.45, 7) is 1.87. The van der Waals surface area contributed by atoms with Crippen molar-refractivity contribution in [2.75, 3.05) is 18.5 Å². The molecule has 1 aromatic carbocycles. The Labute approximate surface area is 113 Å². The van der Waals surface area contributed by atoms with Gasteiger partial charge < -0.3 is 10.3 Å². The number of hydrogen-bond acceptors (Lipinski definition) is 3. The molecule has 102 valence electrons. The van der Waals surface area contributed by atoms with Crippen LogP contribution in [0.1, 0.15) is 36.0 Å². The van der Waals surface area contributed by atoms with E-state index >= 15 is 0 Å². The molecule has 0 bridgehead atoms. The molecule has 0 atom stereocenters. The predicted molar refractivity (Wildman–Crippen MR) is 75.6 cm³/mol. The van der Waals surface area contributed by atoms with Crippen molar-refractivity contribution in [2.24, 2.45) is 17.7 Å². The number of carbonyl (C=O) groups excluding carboxylic acids is 1. The maximum atomic E-state index is 12.5. The Kier molecular flexibility index (Phi) is 3.42. The number of hydrazine groups is 1. The molecule has 0 radical (unpaired) electrons. The third kappa shape index (κ3) is 3.26. The van der Waals surface area contributed by atoms with E-state index < -0.39 is 0 Å². The van der Waals surface area contributed by atoms with E-state index in [1.807, 2.05) is 24.3 Å². The Morgan fingerprint density at radius 2 is 1.63 bits per heavy atom. The molecule has 2 saturated carbocycles. The molecule has 2 aliphatic carbocycles. The van der Waals surface area contributed by atoms with E-state index in [9.17, 15) is 4.79 Å². The van der Waals surface area contributed by atoms with Gasteiger partial charge in [-0.3, -0.25) is 10.6 Å². The zero-order chi connectivity index (χ0) is 13.2. The van der Waals surface area contributed by atoms with E-state index in [0.29, 0.717) is 0 Å². The third-order valence-corrected chi connectivity index (χ3v) is 3.94. The summed E-state index contributed by atoms with van der Waals surface area (Å²) in [5.74, 6) is 6.99. The predicted octanol–water partition coefficient (Wildman–Crippen LogP) is 2.23. The first kappa shape index (κ1) is 12.5. The minimum absolute atomic E-state index is 0.169. The maximum absolute atomic E-state index is 12.5. The Balaban J connectivity index is 1.69. The minimum Gasteiger partial charge on any atom is -0.338 e. The summed E-state index contributed by atoms with van der Waals surface area (Å²) >= 11 is 0. The summed E-state index contributed by atoms with van der Waals surface area (Å²) in [5.41, 5.74) is 4.17. The lowest BCUT2D eigenvalue weighted by Gasteiger charge is -2.22. The Bertz CT molecular complexity index is 435. The van der Waals surface area contributed by atoms with Gasteiger partial charge >= 0.3 is 0 Å². The normalized spacial score (nSPS) is 18.2. The average Bonchev–Trinajstić information content (AvgIpc) is 3.32. The van der Waals surface area contributed by atoms with E-state index in [4.69, 9.17) is 5.84 Å². The van der Waals surface area contributed by atoms with Crippen LogP contribution < -0.4 is 11.3 Å². The Morgan fingerprint density at radius 1 is 1.11 bits per heavy atom. The molecule has 19 heavy (non-hydrogen) atoms. The number of nitrogens with one attached hydrogen (secondary N) is 1. The van der Waals surface area contributed by atoms with Gasteiger partial charge in [-0.1, -0.05) is 0 Å². The van der Waals surface area contributed by atoms with Crippen molar-refractivity contribution in [3.63, 3.8) is 0 Å². The van der Waals surface area contributed by atoms with Gasteiger partial charge in [0.1, 0.15) is 0 Å². The zero-order valence-electron chi connectivity index (χ0n) is 11.1. The summed E-state index contributed by atoms with van der Waals surface area (Å²) in [6.07, 6.45) is 5.13. The van der Waals surface area contributed by atoms with Crippen molar-refractivity contribution in [1.29, 1.82) is 0 Å². The molecule has 0 saturated heterocycles. The average molecular weight is 259 g/mol. The number of amides is 1. The highest BCUT2D eigenvalue weighted by Gasteiger charge is 2.31. The first-order valence-electron chi connectivity index (χ1n) is 7.12. The van der Waals surface area contributed by atoms with E-state index in [-0.39, 0.29) is 5.91 Å². The van der Waals surface area contributed by atoms with Gasteiger partial charge in [0, 0.05) is 24.3 Å². The second-order valence-corrected chi connectivity index (χ2v) is 5.82. The molecular formula is C15H21N3O. The fraction of sp³-hybridized carbons (Fsp3) is 0.533. The Morgan fingerprint density at radius 3 is 2.05 bits per heavy atom. The van der Waals surface area contributed by atoms with Crippen LogP contribution in [0, 0.1) is 11.8 Å². The highest BCUT2D eigenvalue weighted by molar-refractivity contribution is 5.94. The van der Waals surface area contributed by atoms with Crippen LogP contribution in [0.3, 0.4) is 0 Å². The largest absolute Gasteiger partial charge is 0.338 e. The number of anilines is 1. The molecule has 0 heterocycles. The lowest BCUT2D eigenvalue weighted by molar-refractivity contribution is 0.0739. The standard InChI is InChI=1S/C15H21N3O/c16-17-14-7-5-13(6-8-14)15(19)18(9-11-1-2-11)10-12-3-4-12/h5-8,11-12,17H,1-4,9-10,16H2. The number of carbonyl (C=O) groups is 1. The lowest BCUT2D eigenvalue weighted by atomic mass is 10.1. The molecular weight excluding hydrogens is 238 g/mol. The molecule has 0 aliphatic heterocycles. The molecule has 2 fully saturated rings. The van der Waals surface area contributed by atoms with Crippen LogP contribution in [-0.4, -0.2) is 23.9 Å². The van der Waals surface area contributed by atoms with Gasteiger partial charge in [0.15, 0.2) is 0 Å². The molecule has 1 amide bonds. The van der Waals surface area contributed by atoms with Gasteiger partial charge in [-0.05, 0) is 61.8 Å². The van der Waals surface area contributed by atoms with Crippen LogP contribution in [0.5, 0.6) is 0 Å². The van der Waals surface area contributed by atoms with Crippen LogP contribution in [0.15, 0.2) is 24.3 Å². The van der Waals surface area contributed by atoms with E-state index in [2.05, 4.69) is 10.3 Å². The van der Waals surface area contributed by atoms with Crippen molar-refractivity contribution in [2.45, 2.75) is 25.7 Å². The Hall–Kier alpha value is -1.55. The SMILES string of the molecule is NNc1ccc(C(=O)N(CC2CC2)CC2CC2)cc1. The molecule has 4 nitrogen and oxygen atoms in total. The monoisotopic (exact) mass is 259 g/mol. The summed E-state index contributed by atoms with van der Waals surface area (Å²) in [7, 11) is 0. The van der Waals surface area contributed by atoms with Gasteiger partial charge in [0.05, 0.1) is 0 Å². The molecule has 0 unspecified atom stereocenters. The van der Waals surface area contributed by atoms with Crippen LogP contribution in [0.4, 0.5) is 5.69 Å².